The van der Waals surface area contributed by atoms with Crippen molar-refractivity contribution < 1.29 is 23.9 Å². The first-order chi connectivity index (χ1) is 17.4. The van der Waals surface area contributed by atoms with Gasteiger partial charge in [-0.05, 0) is 68.3 Å². The number of benzene rings is 3. The van der Waals surface area contributed by atoms with E-state index in [1.807, 2.05) is 39.0 Å². The van der Waals surface area contributed by atoms with Gasteiger partial charge in [0.25, 0.3) is 5.91 Å². The van der Waals surface area contributed by atoms with E-state index in [9.17, 15) is 14.4 Å². The Morgan fingerprint density at radius 3 is 2.31 bits per heavy atom. The lowest BCUT2D eigenvalue weighted by molar-refractivity contribution is -0.136. The van der Waals surface area contributed by atoms with Crippen molar-refractivity contribution in [3.05, 3.63) is 83.4 Å². The number of para-hydroxylation sites is 3. The number of rotatable bonds is 9. The Hall–Kier alpha value is -4.66. The molecule has 0 radical (unpaired) electrons. The van der Waals surface area contributed by atoms with Gasteiger partial charge in [0.15, 0.2) is 6.61 Å². The molecule has 0 aliphatic heterocycles. The molecule has 36 heavy (non-hydrogen) atoms. The summed E-state index contributed by atoms with van der Waals surface area (Å²) in [6.07, 6.45) is 1.33. The SMILES string of the molecule is CCOc1ccccc1NC(=O)C(=O)N/N=C\c1ccccc1OCC(=O)Nc1ccc(C)c(C)c1. The lowest BCUT2D eigenvalue weighted by Crippen LogP contribution is -2.32. The van der Waals surface area contributed by atoms with Crippen molar-refractivity contribution in [3.63, 3.8) is 0 Å². The van der Waals surface area contributed by atoms with Crippen LogP contribution in [0.5, 0.6) is 11.5 Å². The summed E-state index contributed by atoms with van der Waals surface area (Å²) in [5.74, 6) is -1.32. The molecule has 3 aromatic carbocycles. The molecule has 0 bridgehead atoms. The van der Waals surface area contributed by atoms with E-state index in [2.05, 4.69) is 21.2 Å². The molecule has 0 heterocycles. The lowest BCUT2D eigenvalue weighted by atomic mass is 10.1. The second-order valence-corrected chi connectivity index (χ2v) is 7.76. The smallest absolute Gasteiger partial charge is 0.329 e. The molecule has 3 aromatic rings. The van der Waals surface area contributed by atoms with Crippen LogP contribution in [0, 0.1) is 13.8 Å². The summed E-state index contributed by atoms with van der Waals surface area (Å²) in [7, 11) is 0. The van der Waals surface area contributed by atoms with Crippen LogP contribution in [0.25, 0.3) is 0 Å². The van der Waals surface area contributed by atoms with Gasteiger partial charge < -0.3 is 20.1 Å². The first-order valence-corrected chi connectivity index (χ1v) is 11.3. The molecule has 3 N–H and O–H groups in total. The minimum atomic E-state index is -0.955. The monoisotopic (exact) mass is 488 g/mol. The summed E-state index contributed by atoms with van der Waals surface area (Å²) in [6.45, 7) is 5.99. The fourth-order valence-corrected chi connectivity index (χ4v) is 3.12. The van der Waals surface area contributed by atoms with Crippen molar-refractivity contribution in [1.82, 2.24) is 5.43 Å². The zero-order valence-corrected chi connectivity index (χ0v) is 20.3. The van der Waals surface area contributed by atoms with Crippen molar-refractivity contribution in [2.24, 2.45) is 5.10 Å². The van der Waals surface area contributed by atoms with E-state index >= 15 is 0 Å². The van der Waals surface area contributed by atoms with Gasteiger partial charge in [-0.2, -0.15) is 5.10 Å². The van der Waals surface area contributed by atoms with Gasteiger partial charge in [-0.15, -0.1) is 0 Å². The second kappa shape index (κ2) is 12.7. The summed E-state index contributed by atoms with van der Waals surface area (Å²) in [5.41, 5.74) is 5.97. The van der Waals surface area contributed by atoms with Crippen LogP contribution in [0.15, 0.2) is 71.8 Å². The van der Waals surface area contributed by atoms with Crippen molar-refractivity contribution in [2.45, 2.75) is 20.8 Å². The van der Waals surface area contributed by atoms with Gasteiger partial charge >= 0.3 is 11.8 Å². The number of nitrogens with one attached hydrogen (secondary N) is 3. The Morgan fingerprint density at radius 1 is 0.833 bits per heavy atom. The molecule has 0 aliphatic rings. The molecule has 0 unspecified atom stereocenters. The number of nitrogens with zero attached hydrogens (tertiary/aromatic N) is 1. The maximum Gasteiger partial charge on any atom is 0.329 e. The standard InChI is InChI=1S/C27H28N4O5/c1-4-35-24-12-8-6-10-22(24)30-26(33)27(34)31-28-16-20-9-5-7-11-23(20)36-17-25(32)29-21-14-13-18(2)19(3)15-21/h5-16H,4,17H2,1-3H3,(H,29,32)(H,30,33)(H,31,34)/b28-16-. The second-order valence-electron chi connectivity index (χ2n) is 7.76. The summed E-state index contributed by atoms with van der Waals surface area (Å²) < 4.78 is 11.1. The maximum absolute atomic E-state index is 12.3. The maximum atomic E-state index is 12.3. The minimum Gasteiger partial charge on any atom is -0.492 e. The van der Waals surface area contributed by atoms with E-state index < -0.39 is 11.8 Å². The Balaban J connectivity index is 1.54. The Labute approximate surface area is 209 Å². The average molecular weight is 489 g/mol. The minimum absolute atomic E-state index is 0.216. The van der Waals surface area contributed by atoms with Gasteiger partial charge in [0, 0.05) is 11.3 Å². The normalized spacial score (nSPS) is 10.5. The number of hydrogen-bond acceptors (Lipinski definition) is 6. The molecule has 3 rings (SSSR count). The number of ether oxygens (including phenoxy) is 2. The van der Waals surface area contributed by atoms with Crippen molar-refractivity contribution in [1.29, 1.82) is 0 Å². The van der Waals surface area contributed by atoms with E-state index in [1.54, 1.807) is 48.5 Å². The molecule has 186 valence electrons. The Bertz CT molecular complexity index is 1270. The van der Waals surface area contributed by atoms with Crippen molar-refractivity contribution in [2.75, 3.05) is 23.8 Å². The Morgan fingerprint density at radius 2 is 1.56 bits per heavy atom. The average Bonchev–Trinajstić information content (AvgIpc) is 2.87. The van der Waals surface area contributed by atoms with Crippen LogP contribution >= 0.6 is 0 Å². The lowest BCUT2D eigenvalue weighted by Gasteiger charge is -2.11. The number of hydrogen-bond donors (Lipinski definition) is 3. The van der Waals surface area contributed by atoms with Gasteiger partial charge in [-0.3, -0.25) is 14.4 Å². The zero-order valence-electron chi connectivity index (χ0n) is 20.3. The van der Waals surface area contributed by atoms with E-state index in [1.165, 1.54) is 6.21 Å². The van der Waals surface area contributed by atoms with E-state index in [0.29, 0.717) is 35.0 Å². The molecule has 3 amide bonds. The third kappa shape index (κ3) is 7.42. The highest BCUT2D eigenvalue weighted by molar-refractivity contribution is 6.39. The molecule has 0 saturated heterocycles. The predicted octanol–water partition coefficient (Wildman–Crippen LogP) is 3.81. The zero-order chi connectivity index (χ0) is 25.9. The van der Waals surface area contributed by atoms with Crippen molar-refractivity contribution >= 4 is 35.3 Å². The number of carbonyl (C=O) groups excluding carboxylic acids is 3. The number of amides is 3. The van der Waals surface area contributed by atoms with Gasteiger partial charge in [-0.1, -0.05) is 30.3 Å². The van der Waals surface area contributed by atoms with Crippen LogP contribution in [0.2, 0.25) is 0 Å². The molecule has 0 spiro atoms. The van der Waals surface area contributed by atoms with Crippen LogP contribution in [0.1, 0.15) is 23.6 Å². The predicted molar refractivity (Wildman–Crippen MR) is 138 cm³/mol. The summed E-state index contributed by atoms with van der Waals surface area (Å²) in [4.78, 5) is 36.7. The van der Waals surface area contributed by atoms with E-state index in [-0.39, 0.29) is 12.5 Å². The molecule has 0 aliphatic carbocycles. The molecule has 0 aromatic heterocycles. The number of anilines is 2. The fourth-order valence-electron chi connectivity index (χ4n) is 3.12. The summed E-state index contributed by atoms with van der Waals surface area (Å²) in [6, 6.07) is 19.3. The third-order valence-corrected chi connectivity index (χ3v) is 5.08. The molecule has 9 nitrogen and oxygen atoms in total. The quantitative estimate of drug-likeness (QED) is 0.241. The third-order valence-electron chi connectivity index (χ3n) is 5.08. The van der Waals surface area contributed by atoms with E-state index in [4.69, 9.17) is 9.47 Å². The number of hydrazone groups is 1. The highest BCUT2D eigenvalue weighted by atomic mass is 16.5. The van der Waals surface area contributed by atoms with Crippen molar-refractivity contribution in [3.8, 4) is 11.5 Å². The number of carbonyl (C=O) groups is 3. The van der Waals surface area contributed by atoms with Crippen LogP contribution in [0.3, 0.4) is 0 Å². The highest BCUT2D eigenvalue weighted by Crippen LogP contribution is 2.23. The van der Waals surface area contributed by atoms with Crippen LogP contribution < -0.4 is 25.5 Å². The molecular formula is C27H28N4O5. The summed E-state index contributed by atoms with van der Waals surface area (Å²) in [5, 5.41) is 9.13. The van der Waals surface area contributed by atoms with Crippen LogP contribution in [0.4, 0.5) is 11.4 Å². The molecule has 0 atom stereocenters. The van der Waals surface area contributed by atoms with Gasteiger partial charge in [-0.25, -0.2) is 5.43 Å². The summed E-state index contributed by atoms with van der Waals surface area (Å²) >= 11 is 0. The number of aryl methyl sites for hydroxylation is 2. The largest absolute Gasteiger partial charge is 0.492 e. The van der Waals surface area contributed by atoms with Gasteiger partial charge in [0.2, 0.25) is 0 Å². The van der Waals surface area contributed by atoms with Crippen LogP contribution in [-0.4, -0.2) is 37.1 Å². The first kappa shape index (κ1) is 26.0. The molecule has 0 saturated carbocycles. The van der Waals surface area contributed by atoms with Gasteiger partial charge in [0.05, 0.1) is 18.5 Å². The van der Waals surface area contributed by atoms with Crippen LogP contribution in [-0.2, 0) is 14.4 Å². The fraction of sp³-hybridized carbons (Fsp3) is 0.185. The molecule has 0 fully saturated rings. The first-order valence-electron chi connectivity index (χ1n) is 11.3. The topological polar surface area (TPSA) is 118 Å². The molecular weight excluding hydrogens is 460 g/mol. The van der Waals surface area contributed by atoms with Gasteiger partial charge in [0.1, 0.15) is 11.5 Å². The Kier molecular flexibility index (Phi) is 9.16. The highest BCUT2D eigenvalue weighted by Gasteiger charge is 2.15. The molecule has 9 heteroatoms. The van der Waals surface area contributed by atoms with E-state index in [0.717, 1.165) is 11.1 Å².